The highest BCUT2D eigenvalue weighted by atomic mass is 35.5. The number of halogens is 1. The molecule has 0 radical (unpaired) electrons. The van der Waals surface area contributed by atoms with E-state index in [1.165, 1.54) is 18.7 Å². The number of nitrogens with two attached hydrogens (primary N) is 1. The van der Waals surface area contributed by atoms with Gasteiger partial charge in [0, 0.05) is 13.1 Å². The molecule has 172 valence electrons. The summed E-state index contributed by atoms with van der Waals surface area (Å²) in [5.41, 5.74) is 5.52. The van der Waals surface area contributed by atoms with Crippen LogP contribution < -0.4 is 16.4 Å². The fourth-order valence-electron chi connectivity index (χ4n) is 2.96. The minimum absolute atomic E-state index is 0.101. The van der Waals surface area contributed by atoms with Gasteiger partial charge in [0.1, 0.15) is 10.6 Å². The van der Waals surface area contributed by atoms with Gasteiger partial charge in [-0.15, -0.1) is 0 Å². The van der Waals surface area contributed by atoms with E-state index < -0.39 is 5.60 Å². The predicted octanol–water partition coefficient (Wildman–Crippen LogP) is 3.35. The van der Waals surface area contributed by atoms with Gasteiger partial charge in [0.2, 0.25) is 11.9 Å². The number of aromatic nitrogens is 2. The fourth-order valence-corrected chi connectivity index (χ4v) is 3.10. The Hall–Kier alpha value is -3.17. The summed E-state index contributed by atoms with van der Waals surface area (Å²) < 4.78 is 0. The summed E-state index contributed by atoms with van der Waals surface area (Å²) >= 11 is 5.98. The molecule has 1 aromatic heterocycles. The van der Waals surface area contributed by atoms with Gasteiger partial charge in [0.05, 0.1) is 17.6 Å². The van der Waals surface area contributed by atoms with Crippen molar-refractivity contribution < 1.29 is 14.7 Å². The Balaban J connectivity index is 0.000000258. The topological polar surface area (TPSA) is 133 Å². The monoisotopic (exact) mass is 460 g/mol. The molecule has 2 aromatic rings. The molecule has 1 aromatic carbocycles. The first-order valence-electron chi connectivity index (χ1n) is 10.2. The Morgan fingerprint density at radius 1 is 1.22 bits per heavy atom. The number of hydrogen-bond donors (Lipinski definition) is 4. The molecular weight excluding hydrogens is 432 g/mol. The summed E-state index contributed by atoms with van der Waals surface area (Å²) in [6, 6.07) is 7.11. The molecule has 2 amide bonds. The quantitative estimate of drug-likeness (QED) is 0.502. The molecule has 2 heterocycles. The van der Waals surface area contributed by atoms with Gasteiger partial charge in [0.15, 0.2) is 5.82 Å². The number of nitrogen functional groups attached to an aromatic ring is 1. The lowest BCUT2D eigenvalue weighted by molar-refractivity contribution is -0.148. The average Bonchev–Trinajstić information content (AvgIpc) is 2.77. The third-order valence-electron chi connectivity index (χ3n) is 4.55. The van der Waals surface area contributed by atoms with Crippen molar-refractivity contribution in [3.63, 3.8) is 0 Å². The average molecular weight is 461 g/mol. The molecule has 5 N–H and O–H groups in total. The van der Waals surface area contributed by atoms with Crippen LogP contribution in [0.15, 0.2) is 43.1 Å². The third kappa shape index (κ3) is 7.51. The summed E-state index contributed by atoms with van der Waals surface area (Å²) in [6.07, 6.45) is 5.93. The van der Waals surface area contributed by atoms with Crippen molar-refractivity contribution in [3.8, 4) is 0 Å². The van der Waals surface area contributed by atoms with E-state index >= 15 is 0 Å². The molecule has 0 unspecified atom stereocenters. The number of rotatable bonds is 5. The predicted molar refractivity (Wildman–Crippen MR) is 127 cm³/mol. The Bertz CT molecular complexity index is 955. The van der Waals surface area contributed by atoms with Crippen molar-refractivity contribution in [2.24, 2.45) is 0 Å². The maximum Gasteiger partial charge on any atom is 0.253 e. The van der Waals surface area contributed by atoms with E-state index in [-0.39, 0.29) is 17.8 Å². The summed E-state index contributed by atoms with van der Waals surface area (Å²) in [7, 11) is 0. The number of hydrogen-bond acceptors (Lipinski definition) is 7. The van der Waals surface area contributed by atoms with Gasteiger partial charge in [-0.05, 0) is 51.3 Å². The molecule has 3 rings (SSSR count). The van der Waals surface area contributed by atoms with Gasteiger partial charge in [-0.1, -0.05) is 30.3 Å². The van der Waals surface area contributed by atoms with E-state index in [0.29, 0.717) is 22.2 Å². The number of benzene rings is 1. The number of aliphatic hydroxyl groups is 1. The van der Waals surface area contributed by atoms with Crippen LogP contribution in [0.25, 0.3) is 0 Å². The molecule has 0 atom stereocenters. The maximum absolute atomic E-state index is 11.5. The first-order chi connectivity index (χ1) is 15.1. The SMILES string of the molecule is C=CC(=O)Nc1ccccc1Nc1nc(N)ncc1Cl.CC(C)(O)C(=O)N1CCCCC1. The molecule has 10 heteroatoms. The zero-order chi connectivity index (χ0) is 23.7. The smallest absolute Gasteiger partial charge is 0.253 e. The molecule has 0 spiro atoms. The summed E-state index contributed by atoms with van der Waals surface area (Å²) in [4.78, 5) is 32.4. The van der Waals surface area contributed by atoms with E-state index in [4.69, 9.17) is 17.3 Å². The van der Waals surface area contributed by atoms with Gasteiger partial charge < -0.3 is 26.4 Å². The lowest BCUT2D eigenvalue weighted by atomic mass is 10.1. The molecule has 0 aliphatic carbocycles. The highest BCUT2D eigenvalue weighted by molar-refractivity contribution is 6.33. The fraction of sp³-hybridized carbons (Fsp3) is 0.364. The van der Waals surface area contributed by atoms with Crippen LogP contribution in [0, 0.1) is 0 Å². The number of likely N-dealkylation sites (tertiary alicyclic amines) is 1. The molecule has 1 aliphatic rings. The van der Waals surface area contributed by atoms with Gasteiger partial charge >= 0.3 is 0 Å². The minimum Gasteiger partial charge on any atom is -0.381 e. The van der Waals surface area contributed by atoms with Crippen LogP contribution >= 0.6 is 11.6 Å². The maximum atomic E-state index is 11.5. The molecule has 0 saturated carbocycles. The molecule has 9 nitrogen and oxygen atoms in total. The van der Waals surface area contributed by atoms with Crippen LogP contribution in [0.2, 0.25) is 5.02 Å². The van der Waals surface area contributed by atoms with Crippen molar-refractivity contribution in [2.75, 3.05) is 29.5 Å². The second-order valence-corrected chi connectivity index (χ2v) is 8.11. The Kier molecular flexibility index (Phi) is 8.98. The first kappa shape index (κ1) is 25.1. The van der Waals surface area contributed by atoms with Crippen molar-refractivity contribution in [1.82, 2.24) is 14.9 Å². The van der Waals surface area contributed by atoms with Gasteiger partial charge in [-0.25, -0.2) is 4.98 Å². The van der Waals surface area contributed by atoms with Crippen LogP contribution in [-0.2, 0) is 9.59 Å². The van der Waals surface area contributed by atoms with E-state index in [1.807, 2.05) is 6.07 Å². The second kappa shape index (κ2) is 11.4. The van der Waals surface area contributed by atoms with Crippen LogP contribution in [-0.4, -0.2) is 50.5 Å². The normalized spacial score (nSPS) is 13.4. The first-order valence-corrected chi connectivity index (χ1v) is 10.6. The Morgan fingerprint density at radius 3 is 2.44 bits per heavy atom. The summed E-state index contributed by atoms with van der Waals surface area (Å²) in [5, 5.41) is 15.4. The number of amides is 2. The van der Waals surface area contributed by atoms with Crippen LogP contribution in [0.3, 0.4) is 0 Å². The number of carbonyl (C=O) groups is 2. The lowest BCUT2D eigenvalue weighted by Crippen LogP contribution is -2.47. The number of piperidine rings is 1. The molecule has 1 aliphatic heterocycles. The highest BCUT2D eigenvalue weighted by Crippen LogP contribution is 2.28. The van der Waals surface area contributed by atoms with Crippen LogP contribution in [0.5, 0.6) is 0 Å². The number of anilines is 4. The van der Waals surface area contributed by atoms with Crippen molar-refractivity contribution in [3.05, 3.63) is 48.1 Å². The zero-order valence-corrected chi connectivity index (χ0v) is 19.0. The number of nitrogens with zero attached hydrogens (tertiary/aromatic N) is 3. The van der Waals surface area contributed by atoms with E-state index in [1.54, 1.807) is 36.9 Å². The van der Waals surface area contributed by atoms with Gasteiger partial charge in [0.25, 0.3) is 5.91 Å². The lowest BCUT2D eigenvalue weighted by Gasteiger charge is -2.31. The standard InChI is InChI=1S/C13H12ClN5O.C9H17NO2/c1-2-11(20)17-9-5-3-4-6-10(9)18-12-8(14)7-16-13(15)19-12;1-9(2,12)8(11)10-6-4-3-5-7-10/h2-7H,1H2,(H,17,20)(H3,15,16,18,19);12H,3-7H2,1-2H3. The van der Waals surface area contributed by atoms with Crippen molar-refractivity contribution in [1.29, 1.82) is 0 Å². The molecular formula is C22H29ClN6O3. The Labute approximate surface area is 192 Å². The third-order valence-corrected chi connectivity index (χ3v) is 4.83. The van der Waals surface area contributed by atoms with E-state index in [0.717, 1.165) is 25.9 Å². The highest BCUT2D eigenvalue weighted by Gasteiger charge is 2.29. The minimum atomic E-state index is -1.20. The second-order valence-electron chi connectivity index (χ2n) is 7.70. The van der Waals surface area contributed by atoms with Crippen LogP contribution in [0.1, 0.15) is 33.1 Å². The Morgan fingerprint density at radius 2 is 1.84 bits per heavy atom. The number of para-hydroxylation sites is 2. The van der Waals surface area contributed by atoms with Crippen LogP contribution in [0.4, 0.5) is 23.1 Å². The summed E-state index contributed by atoms with van der Waals surface area (Å²) in [6.45, 7) is 8.11. The molecule has 32 heavy (non-hydrogen) atoms. The molecule has 1 saturated heterocycles. The zero-order valence-electron chi connectivity index (χ0n) is 18.3. The van der Waals surface area contributed by atoms with Gasteiger partial charge in [-0.2, -0.15) is 4.98 Å². The van der Waals surface area contributed by atoms with E-state index in [9.17, 15) is 14.7 Å². The largest absolute Gasteiger partial charge is 0.381 e. The van der Waals surface area contributed by atoms with E-state index in [2.05, 4.69) is 27.2 Å². The van der Waals surface area contributed by atoms with Gasteiger partial charge in [-0.3, -0.25) is 9.59 Å². The summed E-state index contributed by atoms with van der Waals surface area (Å²) in [5.74, 6) is 0.0127. The van der Waals surface area contributed by atoms with Crippen molar-refractivity contribution >= 4 is 46.6 Å². The molecule has 0 bridgehead atoms. The van der Waals surface area contributed by atoms with Crippen molar-refractivity contribution in [2.45, 2.75) is 38.7 Å². The molecule has 1 fully saturated rings. The number of carbonyl (C=O) groups excluding carboxylic acids is 2. The number of nitrogens with one attached hydrogen (secondary N) is 2.